The molecule has 0 saturated heterocycles. The van der Waals surface area contributed by atoms with Crippen LogP contribution in [0.3, 0.4) is 0 Å². The van der Waals surface area contributed by atoms with E-state index in [1.165, 1.54) is 11.1 Å². The molecule has 0 bridgehead atoms. The molecule has 0 fully saturated rings. The summed E-state index contributed by atoms with van der Waals surface area (Å²) in [5, 5.41) is 1.47. The Bertz CT molecular complexity index is 596. The molecule has 2 aromatic rings. The van der Waals surface area contributed by atoms with Crippen molar-refractivity contribution in [1.29, 1.82) is 0 Å². The van der Waals surface area contributed by atoms with Crippen LogP contribution in [0.5, 0.6) is 0 Å². The molecule has 16 heavy (non-hydrogen) atoms. The van der Waals surface area contributed by atoms with E-state index in [4.69, 9.17) is 11.6 Å². The summed E-state index contributed by atoms with van der Waals surface area (Å²) in [4.78, 5) is 11.6. The van der Waals surface area contributed by atoms with Crippen LogP contribution in [0.15, 0.2) is 12.1 Å². The van der Waals surface area contributed by atoms with E-state index >= 15 is 0 Å². The number of carbonyl (C=O) groups is 1. The maximum absolute atomic E-state index is 11.6. The molecular weight excluding hydrogens is 222 g/mol. The molecule has 0 N–H and O–H groups in total. The zero-order chi connectivity index (χ0) is 12.0. The molecule has 3 heteroatoms. The number of ketones is 1. The van der Waals surface area contributed by atoms with Crippen molar-refractivity contribution >= 4 is 28.3 Å². The second-order valence-corrected chi connectivity index (χ2v) is 4.54. The Morgan fingerprint density at radius 3 is 2.50 bits per heavy atom. The lowest BCUT2D eigenvalue weighted by molar-refractivity contribution is 0.101. The molecule has 2 nitrogen and oxygen atoms in total. The molecule has 0 saturated carbocycles. The average molecular weight is 236 g/mol. The van der Waals surface area contributed by atoms with Gasteiger partial charge in [-0.2, -0.15) is 0 Å². The number of Topliss-reactive ketones (excluding diaryl/α,β-unsaturated/α-hetero) is 1. The zero-order valence-corrected chi connectivity index (χ0v) is 10.6. The molecule has 84 valence electrons. The first kappa shape index (κ1) is 11.2. The van der Waals surface area contributed by atoms with Crippen molar-refractivity contribution in [3.8, 4) is 0 Å². The van der Waals surface area contributed by atoms with Gasteiger partial charge in [0.15, 0.2) is 5.78 Å². The van der Waals surface area contributed by atoms with Crippen LogP contribution in [0.1, 0.15) is 28.4 Å². The summed E-state index contributed by atoms with van der Waals surface area (Å²) in [6, 6.07) is 4.00. The van der Waals surface area contributed by atoms with Gasteiger partial charge in [-0.25, -0.2) is 0 Å². The van der Waals surface area contributed by atoms with Crippen LogP contribution in [0.4, 0.5) is 0 Å². The van der Waals surface area contributed by atoms with Gasteiger partial charge in [0, 0.05) is 12.4 Å². The Balaban J connectivity index is 3.01. The van der Waals surface area contributed by atoms with Gasteiger partial charge in [0.05, 0.1) is 11.1 Å². The molecule has 0 atom stereocenters. The summed E-state index contributed by atoms with van der Waals surface area (Å²) in [5.74, 6) is 0.0128. The van der Waals surface area contributed by atoms with Crippen LogP contribution in [-0.4, -0.2) is 10.4 Å². The van der Waals surface area contributed by atoms with Crippen molar-refractivity contribution in [1.82, 2.24) is 4.57 Å². The zero-order valence-electron chi connectivity index (χ0n) is 9.89. The average Bonchev–Trinajstić information content (AvgIpc) is 2.46. The van der Waals surface area contributed by atoms with E-state index in [-0.39, 0.29) is 5.78 Å². The molecule has 0 radical (unpaired) electrons. The highest BCUT2D eigenvalue weighted by molar-refractivity contribution is 6.35. The Morgan fingerprint density at radius 1 is 1.31 bits per heavy atom. The number of hydrogen-bond acceptors (Lipinski definition) is 1. The first-order valence-corrected chi connectivity index (χ1v) is 5.58. The summed E-state index contributed by atoms with van der Waals surface area (Å²) >= 11 is 6.20. The predicted molar refractivity (Wildman–Crippen MR) is 67.4 cm³/mol. The van der Waals surface area contributed by atoms with Crippen molar-refractivity contribution < 1.29 is 4.79 Å². The van der Waals surface area contributed by atoms with Gasteiger partial charge in [0.1, 0.15) is 5.15 Å². The van der Waals surface area contributed by atoms with Gasteiger partial charge in [-0.05, 0) is 31.9 Å². The quantitative estimate of drug-likeness (QED) is 0.692. The number of halogens is 1. The van der Waals surface area contributed by atoms with E-state index in [1.807, 2.05) is 23.7 Å². The fourth-order valence-electron chi connectivity index (χ4n) is 2.15. The van der Waals surface area contributed by atoms with Crippen molar-refractivity contribution in [2.24, 2.45) is 7.05 Å². The van der Waals surface area contributed by atoms with Gasteiger partial charge >= 0.3 is 0 Å². The van der Waals surface area contributed by atoms with Crippen LogP contribution in [-0.2, 0) is 7.05 Å². The van der Waals surface area contributed by atoms with E-state index < -0.39 is 0 Å². The molecule has 0 aliphatic carbocycles. The monoisotopic (exact) mass is 235 g/mol. The normalized spacial score (nSPS) is 11.1. The number of aromatic nitrogens is 1. The van der Waals surface area contributed by atoms with Gasteiger partial charge in [0.2, 0.25) is 0 Å². The first-order chi connectivity index (χ1) is 7.45. The number of rotatable bonds is 1. The number of benzene rings is 1. The molecule has 0 unspecified atom stereocenters. The van der Waals surface area contributed by atoms with Crippen molar-refractivity contribution in [2.75, 3.05) is 0 Å². The molecule has 1 heterocycles. The van der Waals surface area contributed by atoms with Crippen molar-refractivity contribution in [3.05, 3.63) is 34.0 Å². The summed E-state index contributed by atoms with van der Waals surface area (Å²) in [5.41, 5.74) is 4.06. The van der Waals surface area contributed by atoms with E-state index in [0.717, 1.165) is 10.9 Å². The number of aryl methyl sites for hydroxylation is 3. The summed E-state index contributed by atoms with van der Waals surface area (Å²) < 4.78 is 1.88. The second-order valence-electron chi connectivity index (χ2n) is 4.18. The minimum absolute atomic E-state index is 0.0128. The van der Waals surface area contributed by atoms with Crippen LogP contribution in [0.2, 0.25) is 5.15 Å². The third kappa shape index (κ3) is 1.37. The minimum atomic E-state index is 0.0128. The van der Waals surface area contributed by atoms with E-state index in [0.29, 0.717) is 10.7 Å². The largest absolute Gasteiger partial charge is 0.334 e. The summed E-state index contributed by atoms with van der Waals surface area (Å²) in [6.45, 7) is 5.66. The lowest BCUT2D eigenvalue weighted by atomic mass is 10.0. The lowest BCUT2D eigenvalue weighted by Gasteiger charge is -2.04. The lowest BCUT2D eigenvalue weighted by Crippen LogP contribution is -1.92. The number of fused-ring (bicyclic) bond motifs is 1. The number of carbonyl (C=O) groups excluding carboxylic acids is 1. The third-order valence-corrected chi connectivity index (χ3v) is 3.60. The molecule has 0 spiro atoms. The molecule has 0 amide bonds. The SMILES string of the molecule is CC(=O)c1c(Cl)n(C)c2c(C)c(C)ccc12. The molecule has 1 aromatic carbocycles. The highest BCUT2D eigenvalue weighted by atomic mass is 35.5. The molecule has 1 aromatic heterocycles. The van der Waals surface area contributed by atoms with Crippen LogP contribution in [0.25, 0.3) is 10.9 Å². The topological polar surface area (TPSA) is 22.0 Å². The van der Waals surface area contributed by atoms with Gasteiger partial charge in [0.25, 0.3) is 0 Å². The minimum Gasteiger partial charge on any atom is -0.334 e. The predicted octanol–water partition coefficient (Wildman–Crippen LogP) is 3.65. The van der Waals surface area contributed by atoms with Crippen molar-refractivity contribution in [3.63, 3.8) is 0 Å². The Morgan fingerprint density at radius 2 is 1.94 bits per heavy atom. The van der Waals surface area contributed by atoms with E-state index in [9.17, 15) is 4.79 Å². The molecule has 2 rings (SSSR count). The molecule has 0 aliphatic heterocycles. The fourth-order valence-corrected chi connectivity index (χ4v) is 2.47. The maximum atomic E-state index is 11.6. The van der Waals surface area contributed by atoms with Gasteiger partial charge < -0.3 is 4.57 Å². The Hall–Kier alpha value is -1.28. The Kier molecular flexibility index (Phi) is 2.55. The van der Waals surface area contributed by atoms with E-state index in [1.54, 1.807) is 6.92 Å². The van der Waals surface area contributed by atoms with Crippen LogP contribution < -0.4 is 0 Å². The van der Waals surface area contributed by atoms with E-state index in [2.05, 4.69) is 13.8 Å². The highest BCUT2D eigenvalue weighted by Crippen LogP contribution is 2.32. The summed E-state index contributed by atoms with van der Waals surface area (Å²) in [6.07, 6.45) is 0. The standard InChI is InChI=1S/C13H14ClNO/c1-7-5-6-10-11(9(3)16)13(14)15(4)12(10)8(7)2/h5-6H,1-4H3. The first-order valence-electron chi connectivity index (χ1n) is 5.20. The van der Waals surface area contributed by atoms with Gasteiger partial charge in [-0.3, -0.25) is 4.79 Å². The number of nitrogens with zero attached hydrogens (tertiary/aromatic N) is 1. The molecular formula is C13H14ClNO. The van der Waals surface area contributed by atoms with Crippen molar-refractivity contribution in [2.45, 2.75) is 20.8 Å². The number of hydrogen-bond donors (Lipinski definition) is 0. The third-order valence-electron chi connectivity index (χ3n) is 3.16. The van der Waals surface area contributed by atoms with Crippen LogP contribution in [0, 0.1) is 13.8 Å². The van der Waals surface area contributed by atoms with Gasteiger partial charge in [-0.15, -0.1) is 0 Å². The Labute approximate surface area is 99.8 Å². The highest BCUT2D eigenvalue weighted by Gasteiger charge is 2.18. The maximum Gasteiger partial charge on any atom is 0.163 e. The smallest absolute Gasteiger partial charge is 0.163 e. The van der Waals surface area contributed by atoms with Gasteiger partial charge in [-0.1, -0.05) is 23.7 Å². The second kappa shape index (κ2) is 3.63. The molecule has 0 aliphatic rings. The summed E-state index contributed by atoms with van der Waals surface area (Å²) in [7, 11) is 1.89. The van der Waals surface area contributed by atoms with Crippen LogP contribution >= 0.6 is 11.6 Å². The fraction of sp³-hybridized carbons (Fsp3) is 0.308.